The van der Waals surface area contributed by atoms with Gasteiger partial charge in [-0.3, -0.25) is 14.7 Å². The zero-order valence-electron chi connectivity index (χ0n) is 10.8. The minimum atomic E-state index is -0.191. The Morgan fingerprint density at radius 3 is 2.74 bits per heavy atom. The molecule has 2 rings (SSSR count). The van der Waals surface area contributed by atoms with E-state index in [1.54, 1.807) is 4.90 Å². The zero-order valence-corrected chi connectivity index (χ0v) is 10.8. The van der Waals surface area contributed by atoms with Gasteiger partial charge in [0.25, 0.3) is 5.91 Å². The molecule has 1 aliphatic rings. The molecule has 0 saturated carbocycles. The first-order valence-electron chi connectivity index (χ1n) is 6.19. The van der Waals surface area contributed by atoms with E-state index in [9.17, 15) is 9.90 Å². The number of carbonyl (C=O) groups excluding carboxylic acids is 1. The molecule has 100 valence electrons. The van der Waals surface area contributed by atoms with Crippen LogP contribution in [-0.4, -0.2) is 58.0 Å². The molecular weight excluding hydrogens is 244 g/mol. The first kappa shape index (κ1) is 13.3. The van der Waals surface area contributed by atoms with Crippen LogP contribution < -0.4 is 0 Å². The normalized spacial score (nSPS) is 17.8. The maximum atomic E-state index is 12.2. The lowest BCUT2D eigenvalue weighted by atomic mass is 10.2. The van der Waals surface area contributed by atoms with Crippen LogP contribution in [0.3, 0.4) is 0 Å². The van der Waals surface area contributed by atoms with Gasteiger partial charge in [0.05, 0.1) is 23.9 Å². The second kappa shape index (κ2) is 5.67. The van der Waals surface area contributed by atoms with Crippen LogP contribution in [0.15, 0.2) is 18.5 Å². The van der Waals surface area contributed by atoms with Crippen molar-refractivity contribution in [2.75, 3.05) is 26.2 Å². The molecule has 1 saturated heterocycles. The van der Waals surface area contributed by atoms with Crippen LogP contribution in [-0.2, 0) is 0 Å². The van der Waals surface area contributed by atoms with Crippen molar-refractivity contribution in [1.29, 1.82) is 5.26 Å². The maximum absolute atomic E-state index is 12.2. The molecule has 1 amide bonds. The highest BCUT2D eigenvalue weighted by Crippen LogP contribution is 2.17. The first-order valence-corrected chi connectivity index (χ1v) is 6.19. The summed E-state index contributed by atoms with van der Waals surface area (Å²) in [5.74, 6) is -0.288. The van der Waals surface area contributed by atoms with Crippen LogP contribution in [0, 0.1) is 11.3 Å². The highest BCUT2D eigenvalue weighted by Gasteiger charge is 2.25. The monoisotopic (exact) mass is 260 g/mol. The molecule has 0 radical (unpaired) electrons. The van der Waals surface area contributed by atoms with Crippen molar-refractivity contribution >= 4 is 5.91 Å². The Labute approximate surface area is 111 Å². The molecule has 1 fully saturated rings. The van der Waals surface area contributed by atoms with E-state index in [-0.39, 0.29) is 23.3 Å². The second-order valence-corrected chi connectivity index (χ2v) is 4.53. The molecule has 0 spiro atoms. The molecule has 1 aromatic rings. The molecule has 1 aliphatic heterocycles. The molecule has 1 N–H and O–H groups in total. The highest BCUT2D eigenvalue weighted by molar-refractivity contribution is 5.96. The predicted molar refractivity (Wildman–Crippen MR) is 68.5 cm³/mol. The number of carbonyl (C=O) groups is 1. The van der Waals surface area contributed by atoms with E-state index in [0.717, 1.165) is 0 Å². The number of piperazine rings is 1. The minimum absolute atomic E-state index is 0.0969. The number of hydrogen-bond donors (Lipinski definition) is 1. The lowest BCUT2D eigenvalue weighted by molar-refractivity contribution is 0.0612. The first-order chi connectivity index (χ1) is 9.13. The fourth-order valence-corrected chi connectivity index (χ4v) is 2.13. The Kier molecular flexibility index (Phi) is 3.97. The minimum Gasteiger partial charge on any atom is -0.505 e. The van der Waals surface area contributed by atoms with Gasteiger partial charge in [0.15, 0.2) is 0 Å². The summed E-state index contributed by atoms with van der Waals surface area (Å²) in [6.07, 6.45) is 2.75. The van der Waals surface area contributed by atoms with Gasteiger partial charge in [-0.25, -0.2) is 0 Å². The summed E-state index contributed by atoms with van der Waals surface area (Å²) < 4.78 is 0. The van der Waals surface area contributed by atoms with Crippen molar-refractivity contribution in [3.63, 3.8) is 0 Å². The summed E-state index contributed by atoms with van der Waals surface area (Å²) in [5.41, 5.74) is 0.275. The molecule has 1 aromatic heterocycles. The third-order valence-electron chi connectivity index (χ3n) is 3.37. The molecule has 0 bridgehead atoms. The van der Waals surface area contributed by atoms with E-state index in [4.69, 9.17) is 5.26 Å². The summed E-state index contributed by atoms with van der Waals surface area (Å²) in [7, 11) is 0. The van der Waals surface area contributed by atoms with Crippen LogP contribution in [0.4, 0.5) is 0 Å². The summed E-state index contributed by atoms with van der Waals surface area (Å²) in [4.78, 5) is 19.7. The van der Waals surface area contributed by atoms with Crippen molar-refractivity contribution in [3.8, 4) is 11.8 Å². The van der Waals surface area contributed by atoms with Crippen molar-refractivity contribution < 1.29 is 9.90 Å². The van der Waals surface area contributed by atoms with Crippen LogP contribution in [0.2, 0.25) is 0 Å². The number of nitrogens with zero attached hydrogens (tertiary/aromatic N) is 4. The topological polar surface area (TPSA) is 80.5 Å². The van der Waals surface area contributed by atoms with Crippen LogP contribution >= 0.6 is 0 Å². The SMILES string of the molecule is CC(C#N)N1CCN(C(=O)c2ccncc2O)CC1. The number of amides is 1. The third-order valence-corrected chi connectivity index (χ3v) is 3.37. The van der Waals surface area contributed by atoms with E-state index in [1.165, 1.54) is 18.5 Å². The van der Waals surface area contributed by atoms with Crippen molar-refractivity contribution in [3.05, 3.63) is 24.0 Å². The average Bonchev–Trinajstić information content (AvgIpc) is 2.46. The maximum Gasteiger partial charge on any atom is 0.257 e. The van der Waals surface area contributed by atoms with Gasteiger partial charge in [-0.1, -0.05) is 0 Å². The Bertz CT molecular complexity index is 504. The molecule has 0 aromatic carbocycles. The van der Waals surface area contributed by atoms with Gasteiger partial charge in [0.2, 0.25) is 0 Å². The summed E-state index contributed by atoms with van der Waals surface area (Å²) in [6, 6.07) is 3.58. The van der Waals surface area contributed by atoms with E-state index in [0.29, 0.717) is 26.2 Å². The number of aromatic nitrogens is 1. The van der Waals surface area contributed by atoms with Crippen molar-refractivity contribution in [2.45, 2.75) is 13.0 Å². The van der Waals surface area contributed by atoms with Crippen LogP contribution in [0.25, 0.3) is 0 Å². The quantitative estimate of drug-likeness (QED) is 0.835. The molecule has 1 unspecified atom stereocenters. The number of aromatic hydroxyl groups is 1. The van der Waals surface area contributed by atoms with Crippen LogP contribution in [0.1, 0.15) is 17.3 Å². The zero-order chi connectivity index (χ0) is 13.8. The van der Waals surface area contributed by atoms with Gasteiger partial charge in [-0.2, -0.15) is 5.26 Å². The number of nitriles is 1. The fourth-order valence-electron chi connectivity index (χ4n) is 2.13. The molecule has 6 nitrogen and oxygen atoms in total. The number of pyridine rings is 1. The Morgan fingerprint density at radius 1 is 1.47 bits per heavy atom. The van der Waals surface area contributed by atoms with E-state index in [1.807, 2.05) is 11.8 Å². The van der Waals surface area contributed by atoms with Crippen LogP contribution in [0.5, 0.6) is 5.75 Å². The van der Waals surface area contributed by atoms with E-state index in [2.05, 4.69) is 11.1 Å². The number of rotatable bonds is 2. The molecule has 2 heterocycles. The second-order valence-electron chi connectivity index (χ2n) is 4.53. The summed E-state index contributed by atoms with van der Waals surface area (Å²) in [5, 5.41) is 18.5. The molecule has 6 heteroatoms. The molecular formula is C13H16N4O2. The number of hydrogen-bond acceptors (Lipinski definition) is 5. The van der Waals surface area contributed by atoms with Crippen molar-refractivity contribution in [1.82, 2.24) is 14.8 Å². The van der Waals surface area contributed by atoms with Gasteiger partial charge in [-0.15, -0.1) is 0 Å². The Morgan fingerprint density at radius 2 is 2.16 bits per heavy atom. The van der Waals surface area contributed by atoms with Gasteiger partial charge in [-0.05, 0) is 13.0 Å². The van der Waals surface area contributed by atoms with E-state index < -0.39 is 0 Å². The van der Waals surface area contributed by atoms with Gasteiger partial charge < -0.3 is 10.0 Å². The molecule has 0 aliphatic carbocycles. The van der Waals surface area contributed by atoms with Gasteiger partial charge in [0.1, 0.15) is 5.75 Å². The van der Waals surface area contributed by atoms with Gasteiger partial charge in [0, 0.05) is 32.4 Å². The lowest BCUT2D eigenvalue weighted by Gasteiger charge is -2.35. The Balaban J connectivity index is 2.01. The average molecular weight is 260 g/mol. The smallest absolute Gasteiger partial charge is 0.257 e. The fraction of sp³-hybridized carbons (Fsp3) is 0.462. The molecule has 1 atom stereocenters. The summed E-state index contributed by atoms with van der Waals surface area (Å²) in [6.45, 7) is 4.32. The standard InChI is InChI=1S/C13H16N4O2/c1-10(8-14)16-4-6-17(7-5-16)13(19)11-2-3-15-9-12(11)18/h2-3,9-10,18H,4-7H2,1H3. The van der Waals surface area contributed by atoms with E-state index >= 15 is 0 Å². The Hall–Kier alpha value is -2.13. The predicted octanol–water partition coefficient (Wildman–Crippen LogP) is 0.457. The third kappa shape index (κ3) is 2.83. The summed E-state index contributed by atoms with van der Waals surface area (Å²) >= 11 is 0. The highest BCUT2D eigenvalue weighted by atomic mass is 16.3. The van der Waals surface area contributed by atoms with Gasteiger partial charge >= 0.3 is 0 Å². The largest absolute Gasteiger partial charge is 0.505 e. The molecule has 19 heavy (non-hydrogen) atoms. The van der Waals surface area contributed by atoms with Crippen molar-refractivity contribution in [2.24, 2.45) is 0 Å². The lowest BCUT2D eigenvalue weighted by Crippen LogP contribution is -2.51.